The number of rotatable bonds is 5. The van der Waals surface area contributed by atoms with Crippen molar-refractivity contribution in [3.8, 4) is 0 Å². The molecule has 0 radical (unpaired) electrons. The molecule has 0 unspecified atom stereocenters. The van der Waals surface area contributed by atoms with E-state index in [0.717, 1.165) is 30.0 Å². The molecule has 0 saturated heterocycles. The van der Waals surface area contributed by atoms with E-state index in [1.807, 2.05) is 29.7 Å². The quantitative estimate of drug-likeness (QED) is 0.899. The lowest BCUT2D eigenvalue weighted by Gasteiger charge is -2.07. The second-order valence-electron chi connectivity index (χ2n) is 5.24. The molecule has 2 aromatic heterocycles. The van der Waals surface area contributed by atoms with Crippen molar-refractivity contribution in [3.63, 3.8) is 0 Å². The van der Waals surface area contributed by atoms with Gasteiger partial charge in [0.25, 0.3) is 0 Å². The van der Waals surface area contributed by atoms with Gasteiger partial charge in [-0.3, -0.25) is 9.36 Å². The van der Waals surface area contributed by atoms with Crippen LogP contribution in [0.1, 0.15) is 43.6 Å². The Morgan fingerprint density at radius 2 is 1.84 bits per heavy atom. The van der Waals surface area contributed by atoms with Crippen LogP contribution in [0.3, 0.4) is 0 Å². The molecule has 0 aliphatic heterocycles. The molecule has 2 heterocycles. The highest BCUT2D eigenvalue weighted by atomic mass is 15.3. The number of nitrogens with zero attached hydrogens (tertiary/aromatic N) is 4. The number of aryl methyl sites for hydroxylation is 3. The van der Waals surface area contributed by atoms with Crippen LogP contribution >= 0.6 is 0 Å². The Hall–Kier alpha value is -1.78. The monoisotopic (exact) mass is 261 g/mol. The van der Waals surface area contributed by atoms with E-state index in [1.165, 1.54) is 5.56 Å². The van der Waals surface area contributed by atoms with E-state index in [-0.39, 0.29) is 0 Å². The second kappa shape index (κ2) is 5.47. The van der Waals surface area contributed by atoms with Gasteiger partial charge in [-0.2, -0.15) is 10.2 Å². The van der Waals surface area contributed by atoms with Crippen molar-refractivity contribution in [2.45, 2.75) is 39.7 Å². The van der Waals surface area contributed by atoms with Crippen LogP contribution in [-0.4, -0.2) is 19.6 Å². The van der Waals surface area contributed by atoms with Gasteiger partial charge in [0.15, 0.2) is 0 Å². The van der Waals surface area contributed by atoms with Gasteiger partial charge in [-0.15, -0.1) is 0 Å². The highest BCUT2D eigenvalue weighted by Crippen LogP contribution is 2.20. The fourth-order valence-electron chi connectivity index (χ4n) is 2.31. The summed E-state index contributed by atoms with van der Waals surface area (Å²) in [6, 6.07) is 0. The average molecular weight is 261 g/mol. The molecule has 2 aromatic rings. The molecule has 0 fully saturated rings. The van der Waals surface area contributed by atoms with Gasteiger partial charge in [0.05, 0.1) is 17.1 Å². The number of nitrogens with one attached hydrogen (secondary N) is 1. The first-order valence-corrected chi connectivity index (χ1v) is 6.80. The van der Waals surface area contributed by atoms with Crippen molar-refractivity contribution in [1.82, 2.24) is 19.6 Å². The molecule has 0 amide bonds. The summed E-state index contributed by atoms with van der Waals surface area (Å²) in [5.74, 6) is 0.442. The van der Waals surface area contributed by atoms with E-state index in [1.54, 1.807) is 0 Å². The van der Waals surface area contributed by atoms with E-state index in [9.17, 15) is 0 Å². The summed E-state index contributed by atoms with van der Waals surface area (Å²) in [4.78, 5) is 0. The Kier molecular flexibility index (Phi) is 3.93. The lowest BCUT2D eigenvalue weighted by molar-refractivity contribution is 0.712. The van der Waals surface area contributed by atoms with Crippen molar-refractivity contribution >= 4 is 5.69 Å². The van der Waals surface area contributed by atoms with Crippen molar-refractivity contribution < 1.29 is 0 Å². The van der Waals surface area contributed by atoms with Crippen LogP contribution in [0.5, 0.6) is 0 Å². The van der Waals surface area contributed by atoms with Crippen LogP contribution < -0.4 is 5.32 Å². The van der Waals surface area contributed by atoms with Gasteiger partial charge in [0.1, 0.15) is 0 Å². The normalized spacial score (nSPS) is 11.3. The van der Waals surface area contributed by atoms with Crippen LogP contribution in [0.15, 0.2) is 12.4 Å². The third-order valence-corrected chi connectivity index (χ3v) is 3.19. The van der Waals surface area contributed by atoms with E-state index in [0.29, 0.717) is 5.92 Å². The molecule has 104 valence electrons. The van der Waals surface area contributed by atoms with E-state index < -0.39 is 0 Å². The molecule has 0 saturated carbocycles. The number of hydrogen-bond acceptors (Lipinski definition) is 3. The fourth-order valence-corrected chi connectivity index (χ4v) is 2.31. The van der Waals surface area contributed by atoms with Crippen molar-refractivity contribution in [2.24, 2.45) is 14.1 Å². The summed E-state index contributed by atoms with van der Waals surface area (Å²) < 4.78 is 3.74. The van der Waals surface area contributed by atoms with Gasteiger partial charge in [0.2, 0.25) is 0 Å². The molecule has 0 bridgehead atoms. The highest BCUT2D eigenvalue weighted by molar-refractivity contribution is 5.47. The molecule has 5 nitrogen and oxygen atoms in total. The molecular formula is C14H23N5. The number of anilines is 1. The summed E-state index contributed by atoms with van der Waals surface area (Å²) in [7, 11) is 3.92. The van der Waals surface area contributed by atoms with Crippen LogP contribution in [0.25, 0.3) is 0 Å². The lowest BCUT2D eigenvalue weighted by Crippen LogP contribution is -2.03. The summed E-state index contributed by atoms with van der Waals surface area (Å²) >= 11 is 0. The Morgan fingerprint density at radius 1 is 1.16 bits per heavy atom. The SMILES string of the molecule is CCc1nn(C)cc1NCc1cn(C)nc1C(C)C. The zero-order valence-electron chi connectivity index (χ0n) is 12.4. The molecule has 0 aliphatic rings. The van der Waals surface area contributed by atoms with Gasteiger partial charge in [0, 0.05) is 38.6 Å². The Morgan fingerprint density at radius 3 is 2.47 bits per heavy atom. The predicted molar refractivity (Wildman–Crippen MR) is 77.2 cm³/mol. The van der Waals surface area contributed by atoms with Crippen LogP contribution in [0.2, 0.25) is 0 Å². The van der Waals surface area contributed by atoms with Crippen molar-refractivity contribution in [2.75, 3.05) is 5.32 Å². The average Bonchev–Trinajstić information content (AvgIpc) is 2.89. The molecule has 0 spiro atoms. The Bertz CT molecular complexity index is 550. The van der Waals surface area contributed by atoms with Crippen molar-refractivity contribution in [1.29, 1.82) is 0 Å². The minimum Gasteiger partial charge on any atom is -0.378 e. The third kappa shape index (κ3) is 2.97. The standard InChI is InChI=1S/C14H23N5/c1-6-12-13(9-19(5)16-12)15-7-11-8-18(4)17-14(11)10(2)3/h8-10,15H,6-7H2,1-5H3. The van der Waals surface area contributed by atoms with Gasteiger partial charge in [-0.1, -0.05) is 20.8 Å². The van der Waals surface area contributed by atoms with E-state index >= 15 is 0 Å². The predicted octanol–water partition coefficient (Wildman–Crippen LogP) is 2.45. The van der Waals surface area contributed by atoms with Gasteiger partial charge in [-0.25, -0.2) is 0 Å². The van der Waals surface area contributed by atoms with Gasteiger partial charge >= 0.3 is 0 Å². The highest BCUT2D eigenvalue weighted by Gasteiger charge is 2.12. The summed E-state index contributed by atoms with van der Waals surface area (Å²) in [5, 5.41) is 12.4. The molecule has 0 aliphatic carbocycles. The Labute approximate surface area is 114 Å². The summed E-state index contributed by atoms with van der Waals surface area (Å²) in [6.07, 6.45) is 5.06. The smallest absolute Gasteiger partial charge is 0.0853 e. The molecule has 1 N–H and O–H groups in total. The minimum atomic E-state index is 0.442. The van der Waals surface area contributed by atoms with Gasteiger partial charge < -0.3 is 5.32 Å². The second-order valence-corrected chi connectivity index (χ2v) is 5.24. The summed E-state index contributed by atoms with van der Waals surface area (Å²) in [5.41, 5.74) is 4.64. The third-order valence-electron chi connectivity index (χ3n) is 3.19. The maximum absolute atomic E-state index is 4.53. The zero-order chi connectivity index (χ0) is 14.0. The van der Waals surface area contributed by atoms with Crippen molar-refractivity contribution in [3.05, 3.63) is 29.3 Å². The molecule has 2 rings (SSSR count). The first-order chi connectivity index (χ1) is 9.01. The van der Waals surface area contributed by atoms with Crippen LogP contribution in [-0.2, 0) is 27.1 Å². The number of aromatic nitrogens is 4. The largest absolute Gasteiger partial charge is 0.378 e. The van der Waals surface area contributed by atoms with E-state index in [4.69, 9.17) is 0 Å². The Balaban J connectivity index is 2.14. The van der Waals surface area contributed by atoms with E-state index in [2.05, 4.69) is 42.5 Å². The first-order valence-electron chi connectivity index (χ1n) is 6.80. The first kappa shape index (κ1) is 13.6. The summed E-state index contributed by atoms with van der Waals surface area (Å²) in [6.45, 7) is 7.26. The van der Waals surface area contributed by atoms with Crippen LogP contribution in [0.4, 0.5) is 5.69 Å². The molecule has 0 aromatic carbocycles. The number of hydrogen-bond donors (Lipinski definition) is 1. The molecule has 5 heteroatoms. The zero-order valence-corrected chi connectivity index (χ0v) is 12.4. The topological polar surface area (TPSA) is 47.7 Å². The molecule has 19 heavy (non-hydrogen) atoms. The molecule has 0 atom stereocenters. The van der Waals surface area contributed by atoms with Crippen LogP contribution in [0, 0.1) is 0 Å². The maximum Gasteiger partial charge on any atom is 0.0853 e. The molecular weight excluding hydrogens is 238 g/mol. The fraction of sp³-hybridized carbons (Fsp3) is 0.571. The lowest BCUT2D eigenvalue weighted by atomic mass is 10.1. The van der Waals surface area contributed by atoms with Gasteiger partial charge in [-0.05, 0) is 12.3 Å². The minimum absolute atomic E-state index is 0.442. The maximum atomic E-state index is 4.53.